The summed E-state index contributed by atoms with van der Waals surface area (Å²) in [5.74, 6) is 0.512. The third kappa shape index (κ3) is 5.08. The second-order valence-corrected chi connectivity index (χ2v) is 6.26. The van der Waals surface area contributed by atoms with Gasteiger partial charge in [0.15, 0.2) is 0 Å². The van der Waals surface area contributed by atoms with Gasteiger partial charge in [-0.25, -0.2) is 9.18 Å². The van der Waals surface area contributed by atoms with Crippen LogP contribution in [0.25, 0.3) is 0 Å². The van der Waals surface area contributed by atoms with Gasteiger partial charge in [-0.1, -0.05) is 17.3 Å². The van der Waals surface area contributed by atoms with E-state index in [1.165, 1.54) is 12.1 Å². The van der Waals surface area contributed by atoms with Crippen LogP contribution >= 0.6 is 0 Å². The van der Waals surface area contributed by atoms with Crippen molar-refractivity contribution in [2.45, 2.75) is 52.6 Å². The van der Waals surface area contributed by atoms with Gasteiger partial charge in [0.25, 0.3) is 0 Å². The van der Waals surface area contributed by atoms with Crippen LogP contribution in [0.1, 0.15) is 36.4 Å². The van der Waals surface area contributed by atoms with E-state index in [0.717, 1.165) is 22.6 Å². The van der Waals surface area contributed by atoms with E-state index in [1.54, 1.807) is 6.07 Å². The molecule has 0 spiro atoms. The van der Waals surface area contributed by atoms with Crippen molar-refractivity contribution in [2.75, 3.05) is 0 Å². The van der Waals surface area contributed by atoms with Crippen LogP contribution in [0, 0.1) is 19.7 Å². The van der Waals surface area contributed by atoms with E-state index < -0.39 is 0 Å². The summed E-state index contributed by atoms with van der Waals surface area (Å²) in [5, 5.41) is 9.70. The van der Waals surface area contributed by atoms with Crippen LogP contribution in [0.5, 0.6) is 0 Å². The maximum Gasteiger partial charge on any atom is 0.315 e. The zero-order valence-corrected chi connectivity index (χ0v) is 14.5. The number of aryl methyl sites for hydroxylation is 2. The fourth-order valence-electron chi connectivity index (χ4n) is 2.71. The zero-order valence-electron chi connectivity index (χ0n) is 14.5. The first-order valence-corrected chi connectivity index (χ1v) is 8.08. The summed E-state index contributed by atoms with van der Waals surface area (Å²) in [6, 6.07) is 6.02. The number of hydrogen-bond acceptors (Lipinski definition) is 3. The molecule has 0 saturated carbocycles. The van der Waals surface area contributed by atoms with Crippen LogP contribution in [0.2, 0.25) is 0 Å². The number of benzene rings is 1. The normalized spacial score (nSPS) is 13.4. The Balaban J connectivity index is 1.81. The van der Waals surface area contributed by atoms with E-state index in [1.807, 2.05) is 33.8 Å². The van der Waals surface area contributed by atoms with Crippen molar-refractivity contribution in [3.63, 3.8) is 0 Å². The van der Waals surface area contributed by atoms with Gasteiger partial charge < -0.3 is 15.2 Å². The van der Waals surface area contributed by atoms with Crippen LogP contribution in [-0.2, 0) is 12.8 Å². The lowest BCUT2D eigenvalue weighted by Crippen LogP contribution is -2.45. The number of carbonyl (C=O) groups is 1. The van der Waals surface area contributed by atoms with E-state index in [0.29, 0.717) is 12.8 Å². The number of nitrogens with one attached hydrogen (secondary N) is 2. The van der Waals surface area contributed by atoms with Gasteiger partial charge >= 0.3 is 6.03 Å². The monoisotopic (exact) mass is 333 g/mol. The third-order valence-corrected chi connectivity index (χ3v) is 3.88. The fraction of sp³-hybridized carbons (Fsp3) is 0.444. The van der Waals surface area contributed by atoms with Gasteiger partial charge in [0.2, 0.25) is 0 Å². The number of amides is 2. The number of halogens is 1. The van der Waals surface area contributed by atoms with Crippen molar-refractivity contribution in [3.05, 3.63) is 52.7 Å². The smallest absolute Gasteiger partial charge is 0.315 e. The van der Waals surface area contributed by atoms with Crippen LogP contribution in [-0.4, -0.2) is 23.3 Å². The molecular weight excluding hydrogens is 309 g/mol. The molecule has 1 aromatic heterocycles. The summed E-state index contributed by atoms with van der Waals surface area (Å²) >= 11 is 0. The van der Waals surface area contributed by atoms with Gasteiger partial charge in [-0.3, -0.25) is 0 Å². The number of hydrogen-bond donors (Lipinski definition) is 2. The number of rotatable bonds is 6. The zero-order chi connectivity index (χ0) is 17.7. The second-order valence-electron chi connectivity index (χ2n) is 6.26. The van der Waals surface area contributed by atoms with Crippen molar-refractivity contribution in [3.8, 4) is 0 Å². The largest absolute Gasteiger partial charge is 0.361 e. The van der Waals surface area contributed by atoms with Gasteiger partial charge in [-0.2, -0.15) is 0 Å². The first-order valence-electron chi connectivity index (χ1n) is 8.08. The molecular formula is C18H24FN3O2. The van der Waals surface area contributed by atoms with Gasteiger partial charge in [0.05, 0.1) is 5.69 Å². The predicted molar refractivity (Wildman–Crippen MR) is 90.4 cm³/mol. The molecule has 130 valence electrons. The van der Waals surface area contributed by atoms with Gasteiger partial charge in [0.1, 0.15) is 11.6 Å². The molecule has 2 rings (SSSR count). The summed E-state index contributed by atoms with van der Waals surface area (Å²) < 4.78 is 18.3. The van der Waals surface area contributed by atoms with E-state index in [-0.39, 0.29) is 23.9 Å². The van der Waals surface area contributed by atoms with E-state index >= 15 is 0 Å². The molecule has 0 fully saturated rings. The van der Waals surface area contributed by atoms with Crippen LogP contribution in [0.15, 0.2) is 28.8 Å². The molecule has 0 bridgehead atoms. The molecule has 1 heterocycles. The Labute approximate surface area is 141 Å². The summed E-state index contributed by atoms with van der Waals surface area (Å²) in [6.45, 7) is 7.58. The molecule has 1 aromatic carbocycles. The van der Waals surface area contributed by atoms with Crippen molar-refractivity contribution >= 4 is 6.03 Å². The molecule has 24 heavy (non-hydrogen) atoms. The lowest BCUT2D eigenvalue weighted by atomic mass is 10.1. The minimum atomic E-state index is -0.266. The summed E-state index contributed by atoms with van der Waals surface area (Å²) in [7, 11) is 0. The van der Waals surface area contributed by atoms with Gasteiger partial charge in [-0.15, -0.1) is 0 Å². The van der Waals surface area contributed by atoms with Gasteiger partial charge in [-0.05, 0) is 58.2 Å². The molecule has 0 unspecified atom stereocenters. The maximum atomic E-state index is 13.2. The Morgan fingerprint density at radius 1 is 1.21 bits per heavy atom. The first kappa shape index (κ1) is 18.0. The minimum absolute atomic E-state index is 0.0526. The summed E-state index contributed by atoms with van der Waals surface area (Å²) in [5.41, 5.74) is 2.73. The minimum Gasteiger partial charge on any atom is -0.361 e. The average molecular weight is 333 g/mol. The number of aromatic nitrogens is 1. The molecule has 0 aliphatic rings. The molecule has 0 saturated heterocycles. The fourth-order valence-corrected chi connectivity index (χ4v) is 2.71. The van der Waals surface area contributed by atoms with Crippen molar-refractivity contribution in [1.82, 2.24) is 15.8 Å². The molecule has 0 aliphatic heterocycles. The standard InChI is InChI=1S/C18H24FN3O2/c1-11(8-15-6-5-7-16(19)10-15)20-18(23)21-12(2)9-17-13(3)22-24-14(17)4/h5-7,10-12H,8-9H2,1-4H3,(H2,20,21,23)/t11-,12+/m0/s1. The summed E-state index contributed by atoms with van der Waals surface area (Å²) in [4.78, 5) is 12.1. The highest BCUT2D eigenvalue weighted by Crippen LogP contribution is 2.14. The number of carbonyl (C=O) groups excluding carboxylic acids is 1. The van der Waals surface area contributed by atoms with Crippen LogP contribution in [0.4, 0.5) is 9.18 Å². The second kappa shape index (κ2) is 7.95. The Kier molecular flexibility index (Phi) is 5.95. The Morgan fingerprint density at radius 3 is 2.46 bits per heavy atom. The number of urea groups is 1. The van der Waals surface area contributed by atoms with Gasteiger partial charge in [0, 0.05) is 17.6 Å². The van der Waals surface area contributed by atoms with Crippen molar-refractivity contribution in [1.29, 1.82) is 0 Å². The van der Waals surface area contributed by atoms with Crippen LogP contribution < -0.4 is 10.6 Å². The number of nitrogens with zero attached hydrogens (tertiary/aromatic N) is 1. The Morgan fingerprint density at radius 2 is 1.88 bits per heavy atom. The first-order chi connectivity index (χ1) is 11.3. The van der Waals surface area contributed by atoms with E-state index in [4.69, 9.17) is 4.52 Å². The summed E-state index contributed by atoms with van der Waals surface area (Å²) in [6.07, 6.45) is 1.23. The van der Waals surface area contributed by atoms with E-state index in [9.17, 15) is 9.18 Å². The molecule has 2 atom stereocenters. The molecule has 5 nitrogen and oxygen atoms in total. The molecule has 0 aliphatic carbocycles. The highest BCUT2D eigenvalue weighted by atomic mass is 19.1. The lowest BCUT2D eigenvalue weighted by molar-refractivity contribution is 0.234. The van der Waals surface area contributed by atoms with Crippen molar-refractivity contribution in [2.24, 2.45) is 0 Å². The highest BCUT2D eigenvalue weighted by Gasteiger charge is 2.15. The maximum absolute atomic E-state index is 13.2. The molecule has 2 amide bonds. The third-order valence-electron chi connectivity index (χ3n) is 3.88. The quantitative estimate of drug-likeness (QED) is 0.852. The SMILES string of the molecule is Cc1noc(C)c1C[C@@H](C)NC(=O)N[C@@H](C)Cc1cccc(F)c1. The Bertz CT molecular complexity index is 680. The lowest BCUT2D eigenvalue weighted by Gasteiger charge is -2.18. The van der Waals surface area contributed by atoms with E-state index in [2.05, 4.69) is 15.8 Å². The topological polar surface area (TPSA) is 67.2 Å². The Hall–Kier alpha value is -2.37. The average Bonchev–Trinajstić information content (AvgIpc) is 2.78. The highest BCUT2D eigenvalue weighted by molar-refractivity contribution is 5.74. The molecule has 6 heteroatoms. The molecule has 2 aromatic rings. The molecule has 2 N–H and O–H groups in total. The molecule has 0 radical (unpaired) electrons. The van der Waals surface area contributed by atoms with Crippen molar-refractivity contribution < 1.29 is 13.7 Å². The van der Waals surface area contributed by atoms with Crippen LogP contribution in [0.3, 0.4) is 0 Å². The predicted octanol–water partition coefficient (Wildman–Crippen LogP) is 3.29.